The largest absolute Gasteiger partial charge is 0.458 e. The molecule has 1 unspecified atom stereocenters. The van der Waals surface area contributed by atoms with E-state index in [1.54, 1.807) is 12.2 Å². The maximum Gasteiger partial charge on any atom is 0.303 e. The molecule has 0 aromatic carbocycles. The third kappa shape index (κ3) is 10.2. The lowest BCUT2D eigenvalue weighted by atomic mass is 9.90. The first kappa shape index (κ1) is 23.8. The molecule has 1 rings (SSSR count). The highest BCUT2D eigenvalue weighted by Crippen LogP contribution is 2.27. The number of aliphatic hydroxyl groups is 1. The van der Waals surface area contributed by atoms with Crippen molar-refractivity contribution in [3.05, 3.63) is 48.6 Å². The van der Waals surface area contributed by atoms with E-state index in [0.717, 1.165) is 12.8 Å². The zero-order chi connectivity index (χ0) is 20.8. The van der Waals surface area contributed by atoms with Crippen molar-refractivity contribution in [1.82, 2.24) is 0 Å². The van der Waals surface area contributed by atoms with Crippen LogP contribution in [0.4, 0.5) is 0 Å². The van der Waals surface area contributed by atoms with Gasteiger partial charge in [-0.25, -0.2) is 0 Å². The van der Waals surface area contributed by atoms with Crippen molar-refractivity contribution >= 4 is 17.5 Å². The van der Waals surface area contributed by atoms with Crippen molar-refractivity contribution in [1.29, 1.82) is 0 Å². The number of aliphatic hydroxyl groups excluding tert-OH is 1. The van der Waals surface area contributed by atoms with Gasteiger partial charge in [0, 0.05) is 25.2 Å². The van der Waals surface area contributed by atoms with Gasteiger partial charge in [0.25, 0.3) is 0 Å². The number of ketones is 2. The minimum absolute atomic E-state index is 0.0600. The van der Waals surface area contributed by atoms with Crippen LogP contribution < -0.4 is 0 Å². The fourth-order valence-corrected chi connectivity index (χ4v) is 2.90. The van der Waals surface area contributed by atoms with Gasteiger partial charge in [-0.05, 0) is 38.2 Å². The molecule has 3 atom stereocenters. The van der Waals surface area contributed by atoms with E-state index in [1.807, 2.05) is 43.4 Å². The van der Waals surface area contributed by atoms with Gasteiger partial charge in [0.2, 0.25) is 0 Å². The number of hydrogen-bond acceptors (Lipinski definition) is 5. The maximum absolute atomic E-state index is 12.1. The normalized spacial score (nSPS) is 20.6. The molecule has 1 aliphatic rings. The van der Waals surface area contributed by atoms with Crippen LogP contribution in [0.1, 0.15) is 52.4 Å². The topological polar surface area (TPSA) is 80.7 Å². The van der Waals surface area contributed by atoms with Crippen molar-refractivity contribution in [3.8, 4) is 0 Å². The fraction of sp³-hybridized carbons (Fsp3) is 0.522. The van der Waals surface area contributed by atoms with Crippen molar-refractivity contribution in [2.24, 2.45) is 11.8 Å². The molecule has 0 aliphatic heterocycles. The number of esters is 1. The second-order valence-corrected chi connectivity index (χ2v) is 6.93. The van der Waals surface area contributed by atoms with Gasteiger partial charge in [0.15, 0.2) is 11.6 Å². The van der Waals surface area contributed by atoms with Gasteiger partial charge in [-0.1, -0.05) is 49.5 Å². The van der Waals surface area contributed by atoms with Crippen LogP contribution in [-0.4, -0.2) is 35.4 Å². The number of unbranched alkanes of at least 4 members (excludes halogenated alkanes) is 1. The van der Waals surface area contributed by atoms with Gasteiger partial charge in [-0.3, -0.25) is 14.4 Å². The van der Waals surface area contributed by atoms with Gasteiger partial charge in [-0.2, -0.15) is 0 Å². The Morgan fingerprint density at radius 3 is 2.75 bits per heavy atom. The number of Topliss-reactive ketones (excluding diaryl/α,β-unsaturated/α-hetero) is 1. The van der Waals surface area contributed by atoms with E-state index in [1.165, 1.54) is 6.92 Å². The smallest absolute Gasteiger partial charge is 0.303 e. The highest BCUT2D eigenvalue weighted by Gasteiger charge is 2.26. The molecule has 5 nitrogen and oxygen atoms in total. The van der Waals surface area contributed by atoms with Crippen LogP contribution in [0.5, 0.6) is 0 Å². The molecule has 0 amide bonds. The molecule has 0 radical (unpaired) electrons. The van der Waals surface area contributed by atoms with E-state index in [0.29, 0.717) is 25.7 Å². The number of ether oxygens (including phenoxy) is 1. The Bertz CT molecular complexity index is 627. The third-order valence-corrected chi connectivity index (χ3v) is 4.46. The first-order chi connectivity index (χ1) is 13.4. The summed E-state index contributed by atoms with van der Waals surface area (Å²) in [6.07, 6.45) is 18.6. The van der Waals surface area contributed by atoms with Crippen LogP contribution in [0.3, 0.4) is 0 Å². The summed E-state index contributed by atoms with van der Waals surface area (Å²) in [6.45, 7) is 3.15. The van der Waals surface area contributed by atoms with E-state index in [2.05, 4.69) is 4.74 Å². The Balaban J connectivity index is 2.32. The van der Waals surface area contributed by atoms with Crippen LogP contribution in [-0.2, 0) is 19.1 Å². The summed E-state index contributed by atoms with van der Waals surface area (Å²) >= 11 is 0. The first-order valence-corrected chi connectivity index (χ1v) is 9.97. The minimum atomic E-state index is -0.487. The molecule has 0 spiro atoms. The van der Waals surface area contributed by atoms with Gasteiger partial charge in [0.1, 0.15) is 6.61 Å². The highest BCUT2D eigenvalue weighted by molar-refractivity contribution is 5.95. The second kappa shape index (κ2) is 13.8. The summed E-state index contributed by atoms with van der Waals surface area (Å²) < 4.78 is 4.66. The maximum atomic E-state index is 12.1. The quantitative estimate of drug-likeness (QED) is 0.294. The van der Waals surface area contributed by atoms with E-state index >= 15 is 0 Å². The van der Waals surface area contributed by atoms with Crippen molar-refractivity contribution in [2.75, 3.05) is 6.61 Å². The molecule has 1 N–H and O–H groups in total. The highest BCUT2D eigenvalue weighted by atomic mass is 16.5. The Hall–Kier alpha value is -2.27. The number of carbonyl (C=O) groups is 3. The molecule has 1 aliphatic carbocycles. The molecule has 0 saturated carbocycles. The monoisotopic (exact) mass is 388 g/mol. The van der Waals surface area contributed by atoms with Crippen LogP contribution in [0, 0.1) is 11.8 Å². The first-order valence-electron chi connectivity index (χ1n) is 9.97. The summed E-state index contributed by atoms with van der Waals surface area (Å²) in [5.74, 6) is -0.438. The SMILES string of the molecule is CCC=CC(O)C/C=C/[C@H]1C=CC(=O)[C@@H]1C/C=C\CCCC(=O)COC(C)=O. The molecule has 0 saturated heterocycles. The summed E-state index contributed by atoms with van der Waals surface area (Å²) in [5.41, 5.74) is 0. The Morgan fingerprint density at radius 2 is 2.04 bits per heavy atom. The molecule has 0 fully saturated rings. The summed E-state index contributed by atoms with van der Waals surface area (Å²) in [7, 11) is 0. The van der Waals surface area contributed by atoms with Gasteiger partial charge >= 0.3 is 5.97 Å². The number of allylic oxidation sites excluding steroid dienone is 6. The molecule has 5 heteroatoms. The molecule has 0 aromatic rings. The lowest BCUT2D eigenvalue weighted by molar-refractivity contribution is -0.145. The summed E-state index contributed by atoms with van der Waals surface area (Å²) in [4.78, 5) is 34.2. The molecular formula is C23H32O5. The number of rotatable bonds is 13. The zero-order valence-corrected chi connectivity index (χ0v) is 16.9. The van der Waals surface area contributed by atoms with Crippen LogP contribution >= 0.6 is 0 Å². The number of carbonyl (C=O) groups excluding carboxylic acids is 3. The molecular weight excluding hydrogens is 356 g/mol. The van der Waals surface area contributed by atoms with Crippen LogP contribution in [0.2, 0.25) is 0 Å². The average molecular weight is 389 g/mol. The van der Waals surface area contributed by atoms with E-state index < -0.39 is 12.1 Å². The molecule has 0 bridgehead atoms. The number of hydrogen-bond donors (Lipinski definition) is 1. The fourth-order valence-electron chi connectivity index (χ4n) is 2.90. The summed E-state index contributed by atoms with van der Waals surface area (Å²) in [5, 5.41) is 9.81. The molecule has 154 valence electrons. The Kier molecular flexibility index (Phi) is 11.7. The van der Waals surface area contributed by atoms with Crippen molar-refractivity contribution in [3.63, 3.8) is 0 Å². The average Bonchev–Trinajstić information content (AvgIpc) is 3.01. The summed E-state index contributed by atoms with van der Waals surface area (Å²) in [6, 6.07) is 0. The van der Waals surface area contributed by atoms with Crippen molar-refractivity contribution in [2.45, 2.75) is 58.5 Å². The lowest BCUT2D eigenvalue weighted by Gasteiger charge is -2.12. The Morgan fingerprint density at radius 1 is 1.25 bits per heavy atom. The predicted molar refractivity (Wildman–Crippen MR) is 110 cm³/mol. The van der Waals surface area contributed by atoms with Crippen LogP contribution in [0.25, 0.3) is 0 Å². The minimum Gasteiger partial charge on any atom is -0.458 e. The van der Waals surface area contributed by atoms with E-state index in [-0.39, 0.29) is 30.0 Å². The van der Waals surface area contributed by atoms with E-state index in [4.69, 9.17) is 0 Å². The second-order valence-electron chi connectivity index (χ2n) is 6.93. The molecule has 0 aromatic heterocycles. The van der Waals surface area contributed by atoms with E-state index in [9.17, 15) is 19.5 Å². The lowest BCUT2D eigenvalue weighted by Crippen LogP contribution is -2.13. The standard InChI is InChI=1S/C23H32O5/c1-3-4-11-20(25)13-9-10-19-15-16-23(27)22(19)14-8-6-5-7-12-21(26)17-28-18(2)24/h4,6,8-11,15-16,19-20,22,25H,3,5,7,12-14,17H2,1-2H3/b8-6-,10-9+,11-4?/t19-,20?,22+/m0/s1. The van der Waals surface area contributed by atoms with Gasteiger partial charge < -0.3 is 9.84 Å². The third-order valence-electron chi connectivity index (χ3n) is 4.46. The Labute approximate surface area is 167 Å². The van der Waals surface area contributed by atoms with Gasteiger partial charge in [0.05, 0.1) is 6.10 Å². The predicted octanol–water partition coefficient (Wildman–Crippen LogP) is 3.88. The van der Waals surface area contributed by atoms with Crippen molar-refractivity contribution < 1.29 is 24.2 Å². The molecule has 28 heavy (non-hydrogen) atoms. The van der Waals surface area contributed by atoms with Gasteiger partial charge in [-0.15, -0.1) is 0 Å². The zero-order valence-electron chi connectivity index (χ0n) is 16.9. The molecule has 0 heterocycles. The van der Waals surface area contributed by atoms with Crippen LogP contribution in [0.15, 0.2) is 48.6 Å².